The van der Waals surface area contributed by atoms with Crippen molar-refractivity contribution < 1.29 is 20.1 Å². The van der Waals surface area contributed by atoms with E-state index in [-0.39, 0.29) is 5.49 Å². The molecule has 0 heterocycles. The summed E-state index contributed by atoms with van der Waals surface area (Å²) in [5.74, 6) is 0. The van der Waals surface area contributed by atoms with Gasteiger partial charge < -0.3 is 0 Å². The Kier molecular flexibility index (Phi) is 3.91. The molecule has 2 aliphatic rings. The Hall–Kier alpha value is -0.993. The summed E-state index contributed by atoms with van der Waals surface area (Å²) in [6.07, 6.45) is 9.52. The first-order chi connectivity index (χ1) is 10.8. The zero-order chi connectivity index (χ0) is 15.1. The predicted molar refractivity (Wildman–Crippen MR) is 93.2 cm³/mol. The van der Waals surface area contributed by atoms with E-state index in [1.54, 1.807) is 11.1 Å². The second-order valence-corrected chi connectivity index (χ2v) is 31.6. The summed E-state index contributed by atoms with van der Waals surface area (Å²) < 4.78 is 1.57. The van der Waals surface area contributed by atoms with Crippen molar-refractivity contribution in [3.8, 4) is 11.1 Å². The van der Waals surface area contributed by atoms with Gasteiger partial charge in [0, 0.05) is 0 Å². The van der Waals surface area contributed by atoms with Crippen molar-refractivity contribution in [2.24, 2.45) is 0 Å². The van der Waals surface area contributed by atoms with Gasteiger partial charge in [-0.2, -0.15) is 0 Å². The fourth-order valence-corrected chi connectivity index (χ4v) is 30.6. The van der Waals surface area contributed by atoms with E-state index in [9.17, 15) is 0 Å². The van der Waals surface area contributed by atoms with E-state index in [1.165, 1.54) is 11.1 Å². The fraction of sp³-hybridized carbons (Fsp3) is 0.200. The third kappa shape index (κ3) is 2.28. The molecule has 0 radical (unpaired) electrons. The number of allylic oxidation sites excluding steroid dienone is 4. The van der Waals surface area contributed by atoms with E-state index in [0.29, 0.717) is 0 Å². The van der Waals surface area contributed by atoms with Crippen LogP contribution in [0.1, 0.15) is 14.8 Å². The van der Waals surface area contributed by atoms with Crippen LogP contribution in [0.15, 0.2) is 72.8 Å². The number of hydrogen-bond donors (Lipinski definition) is 0. The molecule has 2 aromatic rings. The Balaban J connectivity index is 1.96. The van der Waals surface area contributed by atoms with Crippen LogP contribution in [0.4, 0.5) is 0 Å². The monoisotopic (exact) mass is 468 g/mol. The van der Waals surface area contributed by atoms with Crippen LogP contribution in [0.25, 0.3) is 11.1 Å². The molecule has 2 heteroatoms. The van der Waals surface area contributed by atoms with Crippen molar-refractivity contribution in [1.82, 2.24) is 0 Å². The Morgan fingerprint density at radius 2 is 1.27 bits per heavy atom. The summed E-state index contributed by atoms with van der Waals surface area (Å²) in [6, 6.07) is 18.3. The summed E-state index contributed by atoms with van der Waals surface area (Å²) in [6.45, 7) is 5.13. The van der Waals surface area contributed by atoms with Gasteiger partial charge in [-0.25, -0.2) is 0 Å². The van der Waals surface area contributed by atoms with E-state index < -0.39 is 20.1 Å². The van der Waals surface area contributed by atoms with Gasteiger partial charge in [-0.15, -0.1) is 0 Å². The molecule has 0 saturated carbocycles. The van der Waals surface area contributed by atoms with Crippen molar-refractivity contribution in [1.29, 1.82) is 0 Å². The molecule has 0 unspecified atom stereocenters. The molecule has 0 atom stereocenters. The molecule has 2 aromatic carbocycles. The zero-order valence-electron chi connectivity index (χ0n) is 13.1. The van der Waals surface area contributed by atoms with Crippen LogP contribution in [0.3, 0.4) is 0 Å². The molecule has 2 aliphatic carbocycles. The molecule has 0 saturated heterocycles. The summed E-state index contributed by atoms with van der Waals surface area (Å²) in [7, 11) is 0. The summed E-state index contributed by atoms with van der Waals surface area (Å²) in [5.41, 5.74) is 6.05. The third-order valence-electron chi connectivity index (χ3n) is 4.83. The molecule has 0 spiro atoms. The maximum atomic E-state index is 2.57. The van der Waals surface area contributed by atoms with Crippen LogP contribution in [-0.2, 0) is 20.1 Å². The topological polar surface area (TPSA) is 0 Å². The minimum absolute atomic E-state index is 0.212. The first-order valence-electron chi connectivity index (χ1n) is 7.98. The molecule has 4 rings (SSSR count). The van der Waals surface area contributed by atoms with E-state index in [4.69, 9.17) is 0 Å². The van der Waals surface area contributed by atoms with Gasteiger partial charge in [-0.3, -0.25) is 0 Å². The van der Waals surface area contributed by atoms with Gasteiger partial charge in [-0.05, 0) is 0 Å². The standard InChI is InChI=1S/C13H9.C5H5.C2H6Si.Hf/c1-3-7-12-10(5-1)9-11-6-2-4-8-13(11)12;1-2-4-5-3-1;1-3-2;/h1-9H;1-5H;1-2H3;. The van der Waals surface area contributed by atoms with Crippen molar-refractivity contribution in [2.45, 2.75) is 20.4 Å². The molecule has 22 heavy (non-hydrogen) atoms. The molecule has 0 N–H and O–H groups in total. The average molecular weight is 467 g/mol. The van der Waals surface area contributed by atoms with E-state index in [2.05, 4.69) is 85.9 Å². The van der Waals surface area contributed by atoms with Crippen molar-refractivity contribution in [2.75, 3.05) is 0 Å². The predicted octanol–water partition coefficient (Wildman–Crippen LogP) is 5.54. The second-order valence-electron chi connectivity index (χ2n) is 6.36. The van der Waals surface area contributed by atoms with E-state index in [1.807, 2.05) is 0 Å². The van der Waals surface area contributed by atoms with Gasteiger partial charge >= 0.3 is 141 Å². The first kappa shape index (κ1) is 14.6. The molecular weight excluding hydrogens is 447 g/mol. The van der Waals surface area contributed by atoms with E-state index >= 15 is 0 Å². The van der Waals surface area contributed by atoms with Crippen LogP contribution in [0.5, 0.6) is 0 Å². The second kappa shape index (κ2) is 5.90. The molecule has 108 valence electrons. The van der Waals surface area contributed by atoms with Crippen molar-refractivity contribution in [3.63, 3.8) is 0 Å². The molecular formula is C20H20HfSi. The average Bonchev–Trinajstić information content (AvgIpc) is 3.16. The Bertz CT molecular complexity index is 768. The molecule has 0 aromatic heterocycles. The van der Waals surface area contributed by atoms with Crippen molar-refractivity contribution >= 4 is 5.49 Å². The van der Waals surface area contributed by atoms with Gasteiger partial charge in [-0.1, -0.05) is 0 Å². The summed E-state index contributed by atoms with van der Waals surface area (Å²) in [4.78, 5) is 0. The SMILES string of the molecule is C[Si](C)=[Hf]([CH]1C=CC=C1)[CH]1c2ccccc2-c2ccccc21. The summed E-state index contributed by atoms with van der Waals surface area (Å²) >= 11 is -1.85. The van der Waals surface area contributed by atoms with Crippen LogP contribution >= 0.6 is 0 Å². The molecule has 0 nitrogen and oxygen atoms in total. The quantitative estimate of drug-likeness (QED) is 0.510. The Labute approximate surface area is 140 Å². The third-order valence-corrected chi connectivity index (χ3v) is 32.0. The minimum atomic E-state index is -1.85. The van der Waals surface area contributed by atoms with Gasteiger partial charge in [0.25, 0.3) is 0 Å². The molecule has 0 bridgehead atoms. The number of rotatable bonds is 2. The molecule has 0 fully saturated rings. The van der Waals surface area contributed by atoms with Crippen LogP contribution in [0, 0.1) is 0 Å². The Morgan fingerprint density at radius 1 is 0.773 bits per heavy atom. The fourth-order valence-electron chi connectivity index (χ4n) is 3.94. The van der Waals surface area contributed by atoms with Gasteiger partial charge in [0.15, 0.2) is 0 Å². The number of benzene rings is 2. The van der Waals surface area contributed by atoms with Gasteiger partial charge in [0.1, 0.15) is 0 Å². The molecule has 0 aliphatic heterocycles. The van der Waals surface area contributed by atoms with Crippen LogP contribution in [0.2, 0.25) is 16.8 Å². The van der Waals surface area contributed by atoms with E-state index in [0.717, 1.165) is 7.35 Å². The van der Waals surface area contributed by atoms with Crippen molar-refractivity contribution in [3.05, 3.63) is 84.0 Å². The van der Waals surface area contributed by atoms with Gasteiger partial charge in [0.05, 0.1) is 0 Å². The normalized spacial score (nSPS) is 15.9. The molecule has 0 amide bonds. The zero-order valence-corrected chi connectivity index (χ0v) is 17.7. The van der Waals surface area contributed by atoms with Crippen LogP contribution < -0.4 is 0 Å². The summed E-state index contributed by atoms with van der Waals surface area (Å²) in [5, 5.41) is 0. The Morgan fingerprint density at radius 3 is 1.77 bits per heavy atom. The maximum absolute atomic E-state index is 2.57. The van der Waals surface area contributed by atoms with Gasteiger partial charge in [0.2, 0.25) is 0 Å². The van der Waals surface area contributed by atoms with Crippen LogP contribution in [-0.4, -0.2) is 5.49 Å². The number of hydrogen-bond acceptors (Lipinski definition) is 0. The number of fused-ring (bicyclic) bond motifs is 3. The first-order valence-corrected chi connectivity index (χ1v) is 20.0.